The first kappa shape index (κ1) is 14.8. The van der Waals surface area contributed by atoms with Crippen molar-refractivity contribution in [2.24, 2.45) is 0 Å². The van der Waals surface area contributed by atoms with E-state index in [9.17, 15) is 0 Å². The molecule has 2 aromatic rings. The van der Waals surface area contributed by atoms with E-state index in [1.807, 2.05) is 32.0 Å². The summed E-state index contributed by atoms with van der Waals surface area (Å²) in [6.07, 6.45) is 0. The monoisotopic (exact) mass is 289 g/mol. The lowest BCUT2D eigenvalue weighted by molar-refractivity contribution is 0.592. The van der Waals surface area contributed by atoms with Crippen LogP contribution in [0.25, 0.3) is 0 Å². The van der Waals surface area contributed by atoms with Crippen molar-refractivity contribution in [3.63, 3.8) is 0 Å². The second-order valence-corrected chi connectivity index (χ2v) is 6.31. The third-order valence-corrected chi connectivity index (χ3v) is 3.52. The van der Waals surface area contributed by atoms with Gasteiger partial charge < -0.3 is 5.32 Å². The highest BCUT2D eigenvalue weighted by Crippen LogP contribution is 2.32. The maximum absolute atomic E-state index is 6.18. The Hall–Kier alpha value is -1.61. The molecule has 0 amide bonds. The molecule has 0 aliphatic heterocycles. The van der Waals surface area contributed by atoms with Crippen LogP contribution in [0.1, 0.15) is 37.7 Å². The second-order valence-electron chi connectivity index (χ2n) is 5.95. The quantitative estimate of drug-likeness (QED) is 0.864. The van der Waals surface area contributed by atoms with Crippen molar-refractivity contribution in [3.05, 3.63) is 46.4 Å². The topological polar surface area (TPSA) is 37.8 Å². The summed E-state index contributed by atoms with van der Waals surface area (Å²) in [6.45, 7) is 10.4. The van der Waals surface area contributed by atoms with Crippen LogP contribution in [0.2, 0.25) is 5.15 Å². The van der Waals surface area contributed by atoms with Crippen LogP contribution in [0.15, 0.2) is 24.3 Å². The first-order valence-corrected chi connectivity index (χ1v) is 7.04. The van der Waals surface area contributed by atoms with Gasteiger partial charge in [0.25, 0.3) is 0 Å². The van der Waals surface area contributed by atoms with Crippen LogP contribution in [0.5, 0.6) is 0 Å². The zero-order chi connectivity index (χ0) is 14.9. The number of nitrogens with zero attached hydrogens (tertiary/aromatic N) is 2. The number of nitrogens with one attached hydrogen (secondary N) is 1. The van der Waals surface area contributed by atoms with E-state index in [0.717, 1.165) is 17.1 Å². The molecule has 0 unspecified atom stereocenters. The Balaban J connectivity index is 2.43. The molecule has 106 valence electrons. The van der Waals surface area contributed by atoms with Crippen molar-refractivity contribution >= 4 is 23.1 Å². The molecule has 0 radical (unpaired) electrons. The maximum atomic E-state index is 6.18. The van der Waals surface area contributed by atoms with Gasteiger partial charge in [-0.2, -0.15) is 0 Å². The first-order chi connectivity index (χ1) is 9.29. The summed E-state index contributed by atoms with van der Waals surface area (Å²) in [5.41, 5.74) is 4.01. The van der Waals surface area contributed by atoms with Gasteiger partial charge in [-0.05, 0) is 30.9 Å². The van der Waals surface area contributed by atoms with E-state index in [0.29, 0.717) is 11.0 Å². The van der Waals surface area contributed by atoms with Crippen molar-refractivity contribution in [1.29, 1.82) is 0 Å². The van der Waals surface area contributed by atoms with E-state index in [2.05, 4.69) is 42.1 Å². The highest BCUT2D eigenvalue weighted by atomic mass is 35.5. The Kier molecular flexibility index (Phi) is 4.00. The van der Waals surface area contributed by atoms with Crippen LogP contribution in [-0.2, 0) is 5.41 Å². The molecule has 2 rings (SSSR count). The summed E-state index contributed by atoms with van der Waals surface area (Å²) in [5, 5.41) is 3.71. The van der Waals surface area contributed by atoms with Crippen molar-refractivity contribution in [2.75, 3.05) is 5.32 Å². The summed E-state index contributed by atoms with van der Waals surface area (Å²) in [4.78, 5) is 8.79. The summed E-state index contributed by atoms with van der Waals surface area (Å²) < 4.78 is 0. The number of hydrogen-bond donors (Lipinski definition) is 1. The Morgan fingerprint density at radius 1 is 1.00 bits per heavy atom. The van der Waals surface area contributed by atoms with Gasteiger partial charge in [-0.3, -0.25) is 0 Å². The summed E-state index contributed by atoms with van der Waals surface area (Å²) in [5.74, 6) is 0.603. The third-order valence-electron chi connectivity index (χ3n) is 3.25. The van der Waals surface area contributed by atoms with Gasteiger partial charge in [-0.25, -0.2) is 9.97 Å². The molecule has 0 bridgehead atoms. The Morgan fingerprint density at radius 3 is 2.25 bits per heavy atom. The van der Waals surface area contributed by atoms with E-state index in [1.54, 1.807) is 0 Å². The number of aryl methyl sites for hydroxylation is 2. The molecule has 3 nitrogen and oxygen atoms in total. The zero-order valence-electron chi connectivity index (χ0n) is 12.6. The molecule has 1 heterocycles. The molecule has 1 aromatic carbocycles. The average Bonchev–Trinajstić information content (AvgIpc) is 2.35. The molecule has 20 heavy (non-hydrogen) atoms. The largest absolute Gasteiger partial charge is 0.337 e. The van der Waals surface area contributed by atoms with Crippen LogP contribution in [0.4, 0.5) is 11.5 Å². The fraction of sp³-hybridized carbons (Fsp3) is 0.375. The Labute approximate surface area is 125 Å². The van der Waals surface area contributed by atoms with Gasteiger partial charge in [0, 0.05) is 5.69 Å². The lowest BCUT2D eigenvalue weighted by atomic mass is 9.86. The van der Waals surface area contributed by atoms with E-state index in [1.165, 1.54) is 5.56 Å². The van der Waals surface area contributed by atoms with Crippen molar-refractivity contribution in [2.45, 2.75) is 40.0 Å². The fourth-order valence-corrected chi connectivity index (χ4v) is 2.25. The highest BCUT2D eigenvalue weighted by Gasteiger charge is 2.18. The predicted molar refractivity (Wildman–Crippen MR) is 84.9 cm³/mol. The van der Waals surface area contributed by atoms with Crippen LogP contribution in [0, 0.1) is 13.8 Å². The molecule has 0 atom stereocenters. The lowest BCUT2D eigenvalue weighted by Crippen LogP contribution is -2.14. The molecule has 1 aromatic heterocycles. The molecular weight excluding hydrogens is 270 g/mol. The molecule has 0 spiro atoms. The fourth-order valence-electron chi connectivity index (χ4n) is 2.03. The van der Waals surface area contributed by atoms with Crippen LogP contribution < -0.4 is 5.32 Å². The minimum atomic E-state index is 0.0449. The smallest absolute Gasteiger partial charge is 0.172 e. The average molecular weight is 290 g/mol. The number of aromatic nitrogens is 2. The van der Waals surface area contributed by atoms with Crippen LogP contribution in [0.3, 0.4) is 0 Å². The zero-order valence-corrected chi connectivity index (χ0v) is 13.3. The van der Waals surface area contributed by atoms with Crippen LogP contribution >= 0.6 is 11.6 Å². The van der Waals surface area contributed by atoms with Gasteiger partial charge in [0.05, 0.1) is 11.4 Å². The lowest BCUT2D eigenvalue weighted by Gasteiger charge is -2.23. The number of halogens is 1. The van der Waals surface area contributed by atoms with Crippen molar-refractivity contribution in [1.82, 2.24) is 9.97 Å². The predicted octanol–water partition coefficient (Wildman–Crippen LogP) is 4.79. The molecule has 0 saturated carbocycles. The van der Waals surface area contributed by atoms with Gasteiger partial charge in [0.2, 0.25) is 0 Å². The van der Waals surface area contributed by atoms with Crippen molar-refractivity contribution in [3.8, 4) is 0 Å². The van der Waals surface area contributed by atoms with Gasteiger partial charge >= 0.3 is 0 Å². The Morgan fingerprint density at radius 2 is 1.60 bits per heavy atom. The van der Waals surface area contributed by atoms with E-state index < -0.39 is 0 Å². The number of benzene rings is 1. The molecule has 1 N–H and O–H groups in total. The second kappa shape index (κ2) is 5.41. The third kappa shape index (κ3) is 3.10. The minimum absolute atomic E-state index is 0.0449. The number of hydrogen-bond acceptors (Lipinski definition) is 3. The molecule has 0 saturated heterocycles. The summed E-state index contributed by atoms with van der Waals surface area (Å²) in [7, 11) is 0. The number of anilines is 2. The highest BCUT2D eigenvalue weighted by molar-refractivity contribution is 6.31. The minimum Gasteiger partial charge on any atom is -0.337 e. The molecule has 0 aliphatic carbocycles. The number of para-hydroxylation sites is 1. The molecule has 0 fully saturated rings. The summed E-state index contributed by atoms with van der Waals surface area (Å²) in [6, 6.07) is 8.19. The van der Waals surface area contributed by atoms with Gasteiger partial charge in [-0.1, -0.05) is 50.6 Å². The standard InChI is InChI=1S/C16H20ClN3/c1-10-11(2)19-15(14(17)18-10)20-13-9-7-6-8-12(13)16(3,4)5/h6-9H,1-5H3,(H,19,20). The van der Waals surface area contributed by atoms with Crippen molar-refractivity contribution < 1.29 is 0 Å². The number of rotatable bonds is 2. The SMILES string of the molecule is Cc1nc(Cl)c(Nc2ccccc2C(C)(C)C)nc1C. The normalized spacial score (nSPS) is 11.5. The van der Waals surface area contributed by atoms with Crippen LogP contribution in [-0.4, -0.2) is 9.97 Å². The first-order valence-electron chi connectivity index (χ1n) is 6.66. The molecular formula is C16H20ClN3. The maximum Gasteiger partial charge on any atom is 0.172 e. The van der Waals surface area contributed by atoms with Gasteiger partial charge in [0.15, 0.2) is 11.0 Å². The molecule has 4 heteroatoms. The molecule has 0 aliphatic rings. The Bertz CT molecular complexity index is 630. The van der Waals surface area contributed by atoms with Gasteiger partial charge in [-0.15, -0.1) is 0 Å². The van der Waals surface area contributed by atoms with E-state index in [-0.39, 0.29) is 5.41 Å². The van der Waals surface area contributed by atoms with E-state index >= 15 is 0 Å². The van der Waals surface area contributed by atoms with E-state index in [4.69, 9.17) is 11.6 Å². The van der Waals surface area contributed by atoms with Gasteiger partial charge in [0.1, 0.15) is 0 Å². The summed E-state index contributed by atoms with van der Waals surface area (Å²) >= 11 is 6.18.